The molecule has 4 aromatic rings. The lowest BCUT2D eigenvalue weighted by atomic mass is 10.00. The third-order valence-electron chi connectivity index (χ3n) is 5.57. The Hall–Kier alpha value is -2.54. The van der Waals surface area contributed by atoms with E-state index < -0.39 is 0 Å². The first kappa shape index (κ1) is 21.3. The fourth-order valence-corrected chi connectivity index (χ4v) is 5.25. The normalized spacial score (nSPS) is 15.3. The first-order valence-electron chi connectivity index (χ1n) is 10.1. The van der Waals surface area contributed by atoms with Gasteiger partial charge in [-0.25, -0.2) is 4.52 Å². The minimum absolute atomic E-state index is 0.112. The van der Waals surface area contributed by atoms with Crippen LogP contribution >= 0.6 is 39.1 Å². The molecular weight excluding hydrogens is 513 g/mol. The Labute approximate surface area is 203 Å². The van der Waals surface area contributed by atoms with E-state index in [1.54, 1.807) is 16.6 Å². The number of carbonyl (C=O) groups excluding carboxylic acids is 1. The number of hydrogen-bond donors (Lipinski definition) is 1. The van der Waals surface area contributed by atoms with Crippen molar-refractivity contribution in [1.29, 1.82) is 0 Å². The van der Waals surface area contributed by atoms with Crippen molar-refractivity contribution in [1.82, 2.24) is 14.9 Å². The summed E-state index contributed by atoms with van der Waals surface area (Å²) in [5.41, 5.74) is 4.93. The molecule has 0 unspecified atom stereocenters. The third-order valence-corrected chi connectivity index (χ3v) is 6.77. The Kier molecular flexibility index (Phi) is 5.61. The van der Waals surface area contributed by atoms with Crippen LogP contribution in [-0.2, 0) is 0 Å². The van der Waals surface area contributed by atoms with E-state index in [9.17, 15) is 4.79 Å². The molecule has 1 atom stereocenters. The number of aryl methyl sites for hydroxylation is 1. The largest absolute Gasteiger partial charge is 0.493 e. The highest BCUT2D eigenvalue weighted by molar-refractivity contribution is 9.10. The van der Waals surface area contributed by atoms with E-state index >= 15 is 0 Å². The van der Waals surface area contributed by atoms with E-state index in [0.29, 0.717) is 33.2 Å². The first-order chi connectivity index (χ1) is 15.4. The average Bonchev–Trinajstić information content (AvgIpc) is 3.10. The molecule has 3 heterocycles. The summed E-state index contributed by atoms with van der Waals surface area (Å²) in [6.45, 7) is 2.48. The molecule has 0 saturated carbocycles. The molecule has 0 spiro atoms. The predicted molar refractivity (Wildman–Crippen MR) is 130 cm³/mol. The highest BCUT2D eigenvalue weighted by atomic mass is 79.9. The van der Waals surface area contributed by atoms with Gasteiger partial charge in [-0.1, -0.05) is 41.4 Å². The molecule has 162 valence electrons. The fourth-order valence-electron chi connectivity index (χ4n) is 4.15. The zero-order valence-corrected chi connectivity index (χ0v) is 20.1. The molecule has 5 nitrogen and oxygen atoms in total. The lowest BCUT2D eigenvalue weighted by Crippen LogP contribution is -2.32. The molecule has 5 rings (SSSR count). The van der Waals surface area contributed by atoms with Gasteiger partial charge >= 0.3 is 0 Å². The molecule has 0 saturated heterocycles. The van der Waals surface area contributed by atoms with Gasteiger partial charge in [-0.3, -0.25) is 4.79 Å². The van der Waals surface area contributed by atoms with Crippen molar-refractivity contribution in [3.8, 4) is 16.9 Å². The number of carbonyl (C=O) groups is 1. The Morgan fingerprint density at radius 1 is 1.16 bits per heavy atom. The average molecular weight is 531 g/mol. The van der Waals surface area contributed by atoms with Crippen LogP contribution in [0.4, 0.5) is 0 Å². The molecule has 0 bridgehead atoms. The zero-order valence-electron chi connectivity index (χ0n) is 17.0. The maximum atomic E-state index is 13.2. The smallest absolute Gasteiger partial charge is 0.254 e. The Morgan fingerprint density at radius 3 is 2.69 bits per heavy atom. The summed E-state index contributed by atoms with van der Waals surface area (Å²) in [4.78, 5) is 13.2. The number of aromatic nitrogens is 2. The van der Waals surface area contributed by atoms with Crippen molar-refractivity contribution >= 4 is 50.6 Å². The second-order valence-corrected chi connectivity index (χ2v) is 9.28. The maximum Gasteiger partial charge on any atom is 0.254 e. The Bertz CT molecular complexity index is 1350. The second kappa shape index (κ2) is 8.43. The number of halogens is 3. The van der Waals surface area contributed by atoms with Crippen molar-refractivity contribution < 1.29 is 9.53 Å². The van der Waals surface area contributed by atoms with E-state index in [4.69, 9.17) is 27.9 Å². The molecule has 0 fully saturated rings. The van der Waals surface area contributed by atoms with Crippen LogP contribution in [0.1, 0.15) is 34.1 Å². The van der Waals surface area contributed by atoms with Gasteiger partial charge in [0.25, 0.3) is 5.91 Å². The van der Waals surface area contributed by atoms with Crippen LogP contribution in [0.2, 0.25) is 10.0 Å². The third kappa shape index (κ3) is 3.76. The molecule has 1 aliphatic rings. The monoisotopic (exact) mass is 529 g/mol. The van der Waals surface area contributed by atoms with E-state index in [2.05, 4.69) is 26.3 Å². The SMILES string of the molecule is Cc1nn2c(Br)c(C(=O)N[C@H]3CCOc4ccccc43)ccc2c1-c1cc(Cl)cc(Cl)c1. The van der Waals surface area contributed by atoms with Crippen LogP contribution in [0.5, 0.6) is 5.75 Å². The summed E-state index contributed by atoms with van der Waals surface area (Å²) >= 11 is 16.0. The van der Waals surface area contributed by atoms with Gasteiger partial charge in [0.2, 0.25) is 0 Å². The molecule has 0 radical (unpaired) electrons. The van der Waals surface area contributed by atoms with Crippen molar-refractivity contribution in [3.05, 3.63) is 86.1 Å². The van der Waals surface area contributed by atoms with Gasteiger partial charge in [0.1, 0.15) is 10.4 Å². The van der Waals surface area contributed by atoms with E-state index in [0.717, 1.165) is 33.7 Å². The van der Waals surface area contributed by atoms with Crippen molar-refractivity contribution in [2.45, 2.75) is 19.4 Å². The zero-order chi connectivity index (χ0) is 22.4. The minimum Gasteiger partial charge on any atom is -0.493 e. The Morgan fingerprint density at radius 2 is 1.91 bits per heavy atom. The molecule has 2 aromatic carbocycles. The lowest BCUT2D eigenvalue weighted by molar-refractivity contribution is 0.0923. The van der Waals surface area contributed by atoms with Crippen molar-refractivity contribution in [2.75, 3.05) is 6.61 Å². The summed E-state index contributed by atoms with van der Waals surface area (Å²) in [5, 5.41) is 8.91. The quantitative estimate of drug-likeness (QED) is 0.302. The van der Waals surface area contributed by atoms with Gasteiger partial charge in [0, 0.05) is 27.6 Å². The number of benzene rings is 2. The van der Waals surface area contributed by atoms with Crippen LogP contribution in [0.3, 0.4) is 0 Å². The Balaban J connectivity index is 1.51. The molecule has 2 aromatic heterocycles. The molecule has 1 aliphatic heterocycles. The topological polar surface area (TPSA) is 55.6 Å². The standard InChI is InChI=1S/C24H18BrCl2N3O2/c1-13-22(14-10-15(26)12-16(27)11-14)20-7-6-18(23(25)30(20)29-13)24(31)28-19-8-9-32-21-5-3-2-4-17(19)21/h2-7,10-12,19H,8-9H2,1H3,(H,28,31)/t19-/m0/s1. The first-order valence-corrected chi connectivity index (χ1v) is 11.6. The van der Waals surface area contributed by atoms with Crippen LogP contribution in [-0.4, -0.2) is 22.1 Å². The number of nitrogens with zero attached hydrogens (tertiary/aromatic N) is 2. The highest BCUT2D eigenvalue weighted by Crippen LogP contribution is 2.35. The van der Waals surface area contributed by atoms with E-state index in [1.807, 2.05) is 49.4 Å². The highest BCUT2D eigenvalue weighted by Gasteiger charge is 2.25. The van der Waals surface area contributed by atoms with Crippen molar-refractivity contribution in [2.24, 2.45) is 0 Å². The minimum atomic E-state index is -0.180. The number of rotatable bonds is 3. The number of nitrogens with one attached hydrogen (secondary N) is 1. The predicted octanol–water partition coefficient (Wildman–Crippen LogP) is 6.63. The van der Waals surface area contributed by atoms with E-state index in [1.165, 1.54) is 0 Å². The molecule has 1 amide bonds. The number of pyridine rings is 1. The van der Waals surface area contributed by atoms with Crippen LogP contribution in [0.25, 0.3) is 16.6 Å². The van der Waals surface area contributed by atoms with E-state index in [-0.39, 0.29) is 11.9 Å². The fraction of sp³-hybridized carbons (Fsp3) is 0.167. The molecule has 1 N–H and O–H groups in total. The molecule has 8 heteroatoms. The van der Waals surface area contributed by atoms with Crippen LogP contribution in [0, 0.1) is 6.92 Å². The molecule has 32 heavy (non-hydrogen) atoms. The summed E-state index contributed by atoms with van der Waals surface area (Å²) < 4.78 is 8.01. The lowest BCUT2D eigenvalue weighted by Gasteiger charge is -2.26. The summed E-state index contributed by atoms with van der Waals surface area (Å²) in [7, 11) is 0. The van der Waals surface area contributed by atoms with Crippen LogP contribution < -0.4 is 10.1 Å². The van der Waals surface area contributed by atoms with Gasteiger partial charge in [-0.05, 0) is 64.8 Å². The van der Waals surface area contributed by atoms with Gasteiger partial charge in [-0.15, -0.1) is 0 Å². The second-order valence-electron chi connectivity index (χ2n) is 7.65. The maximum absolute atomic E-state index is 13.2. The van der Waals surface area contributed by atoms with Gasteiger partial charge in [0.15, 0.2) is 0 Å². The molecular formula is C24H18BrCl2N3O2. The van der Waals surface area contributed by atoms with Crippen LogP contribution in [0.15, 0.2) is 59.2 Å². The van der Waals surface area contributed by atoms with Gasteiger partial charge in [-0.2, -0.15) is 5.10 Å². The summed E-state index contributed by atoms with van der Waals surface area (Å²) in [6.07, 6.45) is 0.711. The summed E-state index contributed by atoms with van der Waals surface area (Å²) in [5.74, 6) is 0.632. The number of hydrogen-bond acceptors (Lipinski definition) is 3. The number of para-hydroxylation sites is 1. The number of fused-ring (bicyclic) bond motifs is 2. The number of ether oxygens (including phenoxy) is 1. The summed E-state index contributed by atoms with van der Waals surface area (Å²) in [6, 6.07) is 16.8. The molecule has 0 aliphatic carbocycles. The van der Waals surface area contributed by atoms with Crippen molar-refractivity contribution in [3.63, 3.8) is 0 Å². The van der Waals surface area contributed by atoms with Gasteiger partial charge in [0.05, 0.1) is 29.4 Å². The van der Waals surface area contributed by atoms with Gasteiger partial charge < -0.3 is 10.1 Å². The number of amides is 1.